The van der Waals surface area contributed by atoms with Crippen molar-refractivity contribution in [3.63, 3.8) is 0 Å². The maximum atomic E-state index is 5.01. The summed E-state index contributed by atoms with van der Waals surface area (Å²) in [5.41, 5.74) is 0. The summed E-state index contributed by atoms with van der Waals surface area (Å²) in [5.74, 6) is 20.1. The Balaban J connectivity index is -0.000000245. The summed E-state index contributed by atoms with van der Waals surface area (Å²) in [4.78, 5) is 0. The molecule has 0 unspecified atom stereocenters. The SMILES string of the molecule is NN(N)CCN(N)N.[H-].[Na+]. The van der Waals surface area contributed by atoms with Crippen LogP contribution in [0.25, 0.3) is 0 Å². The molecule has 0 atom stereocenters. The molecule has 6 nitrogen and oxygen atoms in total. The van der Waals surface area contributed by atoms with Gasteiger partial charge in [-0.1, -0.05) is 0 Å². The summed E-state index contributed by atoms with van der Waals surface area (Å²) < 4.78 is 0. The molecule has 7 heteroatoms. The van der Waals surface area contributed by atoms with Crippen molar-refractivity contribution in [2.45, 2.75) is 0 Å². The zero-order chi connectivity index (χ0) is 6.57. The molecular weight excluding hydrogens is 131 g/mol. The normalized spacial score (nSPS) is 10.0. The van der Waals surface area contributed by atoms with E-state index in [1.807, 2.05) is 0 Å². The average Bonchev–Trinajstić information content (AvgIpc) is 1.61. The maximum Gasteiger partial charge on any atom is 1.00 e. The zero-order valence-corrected chi connectivity index (χ0v) is 7.62. The summed E-state index contributed by atoms with van der Waals surface area (Å²) >= 11 is 0. The summed E-state index contributed by atoms with van der Waals surface area (Å²) in [6.07, 6.45) is 0. The standard InChI is InChI=1S/C2H12N6.Na.H/c3-7(4)1-2-8(5)6;;/h1-6H2;;/q;+1;-1. The minimum atomic E-state index is 0. The summed E-state index contributed by atoms with van der Waals surface area (Å²) in [6, 6.07) is 0. The van der Waals surface area contributed by atoms with Crippen LogP contribution in [0.2, 0.25) is 0 Å². The van der Waals surface area contributed by atoms with E-state index in [-0.39, 0.29) is 31.0 Å². The molecule has 0 aromatic rings. The molecule has 0 bridgehead atoms. The number of hydrazine groups is 4. The van der Waals surface area contributed by atoms with Crippen molar-refractivity contribution in [2.75, 3.05) is 13.1 Å². The first kappa shape index (κ1) is 12.4. The van der Waals surface area contributed by atoms with Gasteiger partial charge in [-0.05, 0) is 0 Å². The molecule has 0 amide bonds. The predicted molar refractivity (Wildman–Crippen MR) is 31.3 cm³/mol. The van der Waals surface area contributed by atoms with Crippen LogP contribution in [0.3, 0.4) is 0 Å². The topological polar surface area (TPSA) is 111 Å². The Morgan fingerprint density at radius 3 is 1.22 bits per heavy atom. The summed E-state index contributed by atoms with van der Waals surface area (Å²) in [7, 11) is 0. The van der Waals surface area contributed by atoms with Gasteiger partial charge in [0.2, 0.25) is 0 Å². The Kier molecular flexibility index (Phi) is 9.50. The first-order valence-corrected chi connectivity index (χ1v) is 2.17. The molecule has 0 spiro atoms. The third-order valence-corrected chi connectivity index (χ3v) is 0.616. The van der Waals surface area contributed by atoms with Gasteiger partial charge in [-0.2, -0.15) is 10.2 Å². The van der Waals surface area contributed by atoms with Crippen molar-refractivity contribution in [1.29, 1.82) is 0 Å². The largest absolute Gasteiger partial charge is 1.00 e. The first-order valence-electron chi connectivity index (χ1n) is 2.17. The van der Waals surface area contributed by atoms with Crippen molar-refractivity contribution in [3.05, 3.63) is 0 Å². The van der Waals surface area contributed by atoms with E-state index in [2.05, 4.69) is 0 Å². The molecule has 0 aliphatic carbocycles. The van der Waals surface area contributed by atoms with Crippen LogP contribution in [0.15, 0.2) is 0 Å². The monoisotopic (exact) mass is 144 g/mol. The van der Waals surface area contributed by atoms with Crippen LogP contribution in [-0.4, -0.2) is 23.3 Å². The number of rotatable bonds is 3. The van der Waals surface area contributed by atoms with Crippen molar-refractivity contribution in [1.82, 2.24) is 10.2 Å². The van der Waals surface area contributed by atoms with E-state index in [1.54, 1.807) is 0 Å². The molecule has 0 aromatic carbocycles. The second-order valence-corrected chi connectivity index (χ2v) is 1.48. The van der Waals surface area contributed by atoms with Gasteiger partial charge in [0, 0.05) is 13.1 Å². The van der Waals surface area contributed by atoms with Crippen LogP contribution in [0.4, 0.5) is 0 Å². The van der Waals surface area contributed by atoms with E-state index in [0.717, 1.165) is 10.2 Å². The molecule has 0 aliphatic heterocycles. The average molecular weight is 144 g/mol. The fourth-order valence-electron chi connectivity index (χ4n) is 0.231. The number of nitrogens with zero attached hydrogens (tertiary/aromatic N) is 2. The second-order valence-electron chi connectivity index (χ2n) is 1.48. The molecule has 0 aliphatic rings. The third-order valence-electron chi connectivity index (χ3n) is 0.616. The van der Waals surface area contributed by atoms with Gasteiger partial charge in [0.15, 0.2) is 0 Å². The number of nitrogens with two attached hydrogens (primary N) is 4. The Labute approximate surface area is 77.8 Å². The van der Waals surface area contributed by atoms with Crippen LogP contribution in [0.1, 0.15) is 1.43 Å². The van der Waals surface area contributed by atoms with Gasteiger partial charge in [0.1, 0.15) is 0 Å². The minimum Gasteiger partial charge on any atom is -1.00 e. The van der Waals surface area contributed by atoms with Crippen molar-refractivity contribution >= 4 is 0 Å². The molecule has 0 saturated carbocycles. The zero-order valence-electron chi connectivity index (χ0n) is 6.62. The quantitative estimate of drug-likeness (QED) is 0.178. The van der Waals surface area contributed by atoms with Crippen LogP contribution >= 0.6 is 0 Å². The van der Waals surface area contributed by atoms with Crippen molar-refractivity contribution < 1.29 is 31.0 Å². The van der Waals surface area contributed by atoms with Crippen molar-refractivity contribution in [3.8, 4) is 0 Å². The molecule has 0 fully saturated rings. The molecule has 0 rings (SSSR count). The molecule has 9 heavy (non-hydrogen) atoms. The van der Waals surface area contributed by atoms with E-state index < -0.39 is 0 Å². The minimum absolute atomic E-state index is 0. The molecule has 8 N–H and O–H groups in total. The van der Waals surface area contributed by atoms with E-state index >= 15 is 0 Å². The summed E-state index contributed by atoms with van der Waals surface area (Å²) in [5, 5.41) is 2.04. The number of hydrogen-bond acceptors (Lipinski definition) is 6. The Morgan fingerprint density at radius 2 is 1.11 bits per heavy atom. The molecule has 0 aromatic heterocycles. The second kappa shape index (κ2) is 6.87. The van der Waals surface area contributed by atoms with Gasteiger partial charge in [0.25, 0.3) is 0 Å². The Morgan fingerprint density at radius 1 is 0.889 bits per heavy atom. The molecular formula is C2H13N6Na. The predicted octanol–water partition coefficient (Wildman–Crippen LogP) is -5.80. The van der Waals surface area contributed by atoms with Crippen molar-refractivity contribution in [2.24, 2.45) is 23.4 Å². The van der Waals surface area contributed by atoms with Crippen LogP contribution in [-0.2, 0) is 0 Å². The maximum absolute atomic E-state index is 5.01. The van der Waals surface area contributed by atoms with Gasteiger partial charge >= 0.3 is 29.6 Å². The molecule has 0 heterocycles. The van der Waals surface area contributed by atoms with Gasteiger partial charge in [-0.15, -0.1) is 0 Å². The third kappa shape index (κ3) is 12.1. The molecule has 0 saturated heterocycles. The Hall–Kier alpha value is 0.760. The van der Waals surface area contributed by atoms with Gasteiger partial charge in [0.05, 0.1) is 0 Å². The fourth-order valence-corrected chi connectivity index (χ4v) is 0.231. The van der Waals surface area contributed by atoms with E-state index in [9.17, 15) is 0 Å². The molecule has 52 valence electrons. The first-order chi connectivity index (χ1) is 3.63. The molecule has 0 radical (unpaired) electrons. The van der Waals surface area contributed by atoms with Gasteiger partial charge in [-0.3, -0.25) is 23.4 Å². The number of hydrogen-bond donors (Lipinski definition) is 4. The van der Waals surface area contributed by atoms with Crippen LogP contribution in [0, 0.1) is 0 Å². The van der Waals surface area contributed by atoms with Crippen LogP contribution in [0.5, 0.6) is 0 Å². The van der Waals surface area contributed by atoms with E-state index in [4.69, 9.17) is 23.4 Å². The van der Waals surface area contributed by atoms with E-state index in [0.29, 0.717) is 13.1 Å². The fraction of sp³-hybridized carbons (Fsp3) is 1.00. The van der Waals surface area contributed by atoms with Gasteiger partial charge in [-0.25, -0.2) is 0 Å². The summed E-state index contributed by atoms with van der Waals surface area (Å²) in [6.45, 7) is 0.903. The smallest absolute Gasteiger partial charge is 1.00 e. The van der Waals surface area contributed by atoms with E-state index in [1.165, 1.54) is 0 Å². The van der Waals surface area contributed by atoms with Crippen LogP contribution < -0.4 is 52.9 Å². The van der Waals surface area contributed by atoms with Gasteiger partial charge < -0.3 is 1.43 Å². The Bertz CT molecular complexity index is 51.7.